The van der Waals surface area contributed by atoms with Crippen LogP contribution in [0.25, 0.3) is 11.1 Å². The fraction of sp³-hybridized carbons (Fsp3) is 0.231. The van der Waals surface area contributed by atoms with E-state index in [1.165, 1.54) is 15.5 Å². The molecule has 18 heavy (non-hydrogen) atoms. The van der Waals surface area contributed by atoms with Crippen LogP contribution in [0.4, 0.5) is 0 Å². The molecule has 0 saturated heterocycles. The molecule has 2 rings (SSSR count). The molecule has 1 aromatic heterocycles. The van der Waals surface area contributed by atoms with Crippen LogP contribution < -0.4 is 5.76 Å². The van der Waals surface area contributed by atoms with Crippen molar-refractivity contribution in [3.05, 3.63) is 47.5 Å². The molecule has 0 spiro atoms. The summed E-state index contributed by atoms with van der Waals surface area (Å²) in [5.41, 5.74) is 1.29. The average Bonchev–Trinajstić information content (AvgIpc) is 2.70. The predicted octanol–water partition coefficient (Wildman–Crippen LogP) is 1.24. The number of amides is 1. The van der Waals surface area contributed by atoms with Crippen LogP contribution in [0.1, 0.15) is 0 Å². The number of hydrogen-bond donors (Lipinski definition) is 0. The van der Waals surface area contributed by atoms with Crippen molar-refractivity contribution in [3.8, 4) is 0 Å². The molecule has 5 heteroatoms. The molecule has 0 unspecified atom stereocenters. The van der Waals surface area contributed by atoms with Crippen molar-refractivity contribution in [3.63, 3.8) is 0 Å². The summed E-state index contributed by atoms with van der Waals surface area (Å²) in [5, 5.41) is 0. The third-order valence-corrected chi connectivity index (χ3v) is 2.78. The molecule has 0 radical (unpaired) electrons. The Bertz CT molecular complexity index is 639. The Labute approximate surface area is 104 Å². The van der Waals surface area contributed by atoms with E-state index in [1.807, 2.05) is 18.2 Å². The number of carbonyl (C=O) groups is 1. The lowest BCUT2D eigenvalue weighted by molar-refractivity contribution is -0.124. The minimum Gasteiger partial charge on any atom is -0.408 e. The Morgan fingerprint density at radius 2 is 2.22 bits per heavy atom. The van der Waals surface area contributed by atoms with Gasteiger partial charge >= 0.3 is 5.76 Å². The highest BCUT2D eigenvalue weighted by molar-refractivity contribution is 5.86. The molecule has 0 bridgehead atoms. The summed E-state index contributed by atoms with van der Waals surface area (Å²) >= 11 is 0. The Morgan fingerprint density at radius 3 is 2.94 bits per heavy atom. The number of likely N-dealkylation sites (N-methyl/N-ethyl adjacent to an activating group) is 1. The van der Waals surface area contributed by atoms with Gasteiger partial charge in [-0.2, -0.15) is 0 Å². The number of carbonyl (C=O) groups excluding carboxylic acids is 1. The molecule has 0 atom stereocenters. The zero-order chi connectivity index (χ0) is 13.1. The normalized spacial score (nSPS) is 10.5. The number of oxazole rings is 1. The third kappa shape index (κ3) is 2.20. The monoisotopic (exact) mass is 246 g/mol. The van der Waals surface area contributed by atoms with E-state index in [0.29, 0.717) is 18.7 Å². The highest BCUT2D eigenvalue weighted by Crippen LogP contribution is 2.11. The molecule has 5 nitrogen and oxygen atoms in total. The first-order chi connectivity index (χ1) is 8.63. The van der Waals surface area contributed by atoms with E-state index in [4.69, 9.17) is 4.42 Å². The van der Waals surface area contributed by atoms with Crippen molar-refractivity contribution in [2.75, 3.05) is 13.6 Å². The fourth-order valence-electron chi connectivity index (χ4n) is 1.74. The van der Waals surface area contributed by atoms with Crippen LogP contribution in [-0.4, -0.2) is 29.0 Å². The molecular weight excluding hydrogens is 232 g/mol. The smallest absolute Gasteiger partial charge is 0.408 e. The highest BCUT2D eigenvalue weighted by atomic mass is 16.4. The minimum atomic E-state index is -0.407. The van der Waals surface area contributed by atoms with Gasteiger partial charge in [-0.05, 0) is 18.2 Å². The first-order valence-electron chi connectivity index (χ1n) is 5.59. The summed E-state index contributed by atoms with van der Waals surface area (Å²) in [6, 6.07) is 7.21. The number of rotatable bonds is 4. The maximum atomic E-state index is 11.7. The molecule has 0 aliphatic rings. The molecule has 94 valence electrons. The van der Waals surface area contributed by atoms with E-state index in [-0.39, 0.29) is 5.91 Å². The van der Waals surface area contributed by atoms with Gasteiger partial charge in [0.2, 0.25) is 5.91 Å². The maximum Gasteiger partial charge on any atom is 0.420 e. The van der Waals surface area contributed by atoms with Gasteiger partial charge in [-0.3, -0.25) is 9.36 Å². The number of fused-ring (bicyclic) bond motifs is 1. The van der Waals surface area contributed by atoms with E-state index >= 15 is 0 Å². The van der Waals surface area contributed by atoms with Gasteiger partial charge in [-0.1, -0.05) is 18.7 Å². The predicted molar refractivity (Wildman–Crippen MR) is 68.3 cm³/mol. The molecule has 0 fully saturated rings. The Hall–Kier alpha value is -2.30. The van der Waals surface area contributed by atoms with Crippen LogP contribution in [0.3, 0.4) is 0 Å². The van der Waals surface area contributed by atoms with Gasteiger partial charge < -0.3 is 9.32 Å². The van der Waals surface area contributed by atoms with Crippen molar-refractivity contribution >= 4 is 17.0 Å². The van der Waals surface area contributed by atoms with Gasteiger partial charge in [0.25, 0.3) is 0 Å². The zero-order valence-electron chi connectivity index (χ0n) is 10.1. The Balaban J connectivity index is 2.22. The summed E-state index contributed by atoms with van der Waals surface area (Å²) in [6.07, 6.45) is 1.25. The number of aromatic nitrogens is 1. The topological polar surface area (TPSA) is 55.5 Å². The molecule has 1 amide bonds. The lowest BCUT2D eigenvalue weighted by Gasteiger charge is -2.14. The molecular formula is C13H14N2O3. The summed E-state index contributed by atoms with van der Waals surface area (Å²) in [6.45, 7) is 4.24. The summed E-state index contributed by atoms with van der Waals surface area (Å²) in [7, 11) is 1.66. The SMILES string of the molecule is C=CC(=O)N(C)CCn1c(=O)oc2ccccc21. The second kappa shape index (κ2) is 4.91. The lowest BCUT2D eigenvalue weighted by Crippen LogP contribution is -2.30. The Kier molecular flexibility index (Phi) is 3.32. The van der Waals surface area contributed by atoms with Crippen LogP contribution in [0.2, 0.25) is 0 Å². The summed E-state index contributed by atoms with van der Waals surface area (Å²) in [4.78, 5) is 24.5. The molecule has 1 heterocycles. The second-order valence-corrected chi connectivity index (χ2v) is 3.95. The summed E-state index contributed by atoms with van der Waals surface area (Å²) in [5.74, 6) is -0.577. The highest BCUT2D eigenvalue weighted by Gasteiger charge is 2.10. The molecule has 2 aromatic rings. The van der Waals surface area contributed by atoms with Crippen molar-refractivity contribution in [2.24, 2.45) is 0 Å². The van der Waals surface area contributed by atoms with E-state index in [0.717, 1.165) is 5.52 Å². The van der Waals surface area contributed by atoms with Gasteiger partial charge in [0.1, 0.15) is 0 Å². The van der Waals surface area contributed by atoms with Crippen LogP contribution >= 0.6 is 0 Å². The first kappa shape index (κ1) is 12.2. The standard InChI is InChI=1S/C13H14N2O3/c1-3-12(16)14(2)8-9-15-10-6-4-5-7-11(10)18-13(15)17/h3-7H,1,8-9H2,2H3. The van der Waals surface area contributed by atoms with Crippen molar-refractivity contribution < 1.29 is 9.21 Å². The minimum absolute atomic E-state index is 0.171. The van der Waals surface area contributed by atoms with Crippen molar-refractivity contribution in [2.45, 2.75) is 6.54 Å². The van der Waals surface area contributed by atoms with E-state index in [2.05, 4.69) is 6.58 Å². The van der Waals surface area contributed by atoms with Gasteiger partial charge in [0, 0.05) is 20.1 Å². The fourth-order valence-corrected chi connectivity index (χ4v) is 1.74. The number of para-hydroxylation sites is 2. The Morgan fingerprint density at radius 1 is 1.50 bits per heavy atom. The third-order valence-electron chi connectivity index (χ3n) is 2.78. The van der Waals surface area contributed by atoms with Gasteiger partial charge in [-0.15, -0.1) is 0 Å². The van der Waals surface area contributed by atoms with Gasteiger partial charge in [-0.25, -0.2) is 4.79 Å². The molecule has 0 saturated carbocycles. The van der Waals surface area contributed by atoms with Crippen molar-refractivity contribution in [1.82, 2.24) is 9.47 Å². The molecule has 0 N–H and O–H groups in total. The van der Waals surface area contributed by atoms with Crippen LogP contribution in [0, 0.1) is 0 Å². The maximum absolute atomic E-state index is 11.7. The zero-order valence-corrected chi connectivity index (χ0v) is 10.1. The number of benzene rings is 1. The van der Waals surface area contributed by atoms with Crippen molar-refractivity contribution in [1.29, 1.82) is 0 Å². The first-order valence-corrected chi connectivity index (χ1v) is 5.59. The largest absolute Gasteiger partial charge is 0.420 e. The van der Waals surface area contributed by atoms with E-state index < -0.39 is 5.76 Å². The van der Waals surface area contributed by atoms with Crippen LogP contribution in [0.5, 0.6) is 0 Å². The molecule has 1 aromatic carbocycles. The van der Waals surface area contributed by atoms with E-state index in [9.17, 15) is 9.59 Å². The number of hydrogen-bond acceptors (Lipinski definition) is 3. The van der Waals surface area contributed by atoms with Crippen LogP contribution in [-0.2, 0) is 11.3 Å². The van der Waals surface area contributed by atoms with Gasteiger partial charge in [0.15, 0.2) is 5.58 Å². The van der Waals surface area contributed by atoms with Gasteiger partial charge in [0.05, 0.1) is 5.52 Å². The lowest BCUT2D eigenvalue weighted by atomic mass is 10.3. The second-order valence-electron chi connectivity index (χ2n) is 3.95. The van der Waals surface area contributed by atoms with Crippen LogP contribution in [0.15, 0.2) is 46.1 Å². The quantitative estimate of drug-likeness (QED) is 0.763. The molecule has 0 aliphatic carbocycles. The molecule has 0 aliphatic heterocycles. The number of nitrogens with zero attached hydrogens (tertiary/aromatic N) is 2. The van der Waals surface area contributed by atoms with E-state index in [1.54, 1.807) is 13.1 Å². The summed E-state index contributed by atoms with van der Waals surface area (Å²) < 4.78 is 6.62. The average molecular weight is 246 g/mol.